The number of hydrogen-bond acceptors (Lipinski definition) is 4. The molecule has 6 heteroatoms. The minimum atomic E-state index is -0.299. The third-order valence-electron chi connectivity index (χ3n) is 4.93. The first-order valence-corrected chi connectivity index (χ1v) is 8.11. The van der Waals surface area contributed by atoms with Gasteiger partial charge in [0.05, 0.1) is 7.11 Å². The zero-order chi connectivity index (χ0) is 15.6. The second-order valence-electron chi connectivity index (χ2n) is 6.82. The lowest BCUT2D eigenvalue weighted by Gasteiger charge is -2.39. The fourth-order valence-electron chi connectivity index (χ4n) is 3.55. The van der Waals surface area contributed by atoms with Gasteiger partial charge in [-0.2, -0.15) is 0 Å². The molecule has 0 aromatic heterocycles. The van der Waals surface area contributed by atoms with Gasteiger partial charge >= 0.3 is 0 Å². The van der Waals surface area contributed by atoms with Crippen LogP contribution in [0.15, 0.2) is 18.2 Å². The Morgan fingerprint density at radius 2 is 2.00 bits per heavy atom. The number of nitrogens with zero attached hydrogens (tertiary/aromatic N) is 2. The minimum Gasteiger partial charge on any atom is -0.494 e. The van der Waals surface area contributed by atoms with Gasteiger partial charge in [-0.15, -0.1) is 12.4 Å². The fraction of sp³-hybridized carbons (Fsp3) is 0.647. The monoisotopic (exact) mass is 343 g/mol. The van der Waals surface area contributed by atoms with Crippen molar-refractivity contribution in [3.63, 3.8) is 0 Å². The molecule has 4 nitrogen and oxygen atoms in total. The highest BCUT2D eigenvalue weighted by atomic mass is 35.5. The van der Waals surface area contributed by atoms with Gasteiger partial charge in [0.25, 0.3) is 0 Å². The molecule has 130 valence electrons. The maximum absolute atomic E-state index is 13.5. The highest BCUT2D eigenvalue weighted by molar-refractivity contribution is 5.85. The van der Waals surface area contributed by atoms with Crippen molar-refractivity contribution in [1.29, 1.82) is 0 Å². The van der Waals surface area contributed by atoms with E-state index in [2.05, 4.69) is 22.0 Å². The van der Waals surface area contributed by atoms with E-state index >= 15 is 0 Å². The van der Waals surface area contributed by atoms with Gasteiger partial charge in [0.15, 0.2) is 11.6 Å². The Morgan fingerprint density at radius 1 is 1.26 bits per heavy atom. The number of methoxy groups -OCH3 is 1. The summed E-state index contributed by atoms with van der Waals surface area (Å²) < 4.78 is 18.6. The molecule has 0 spiro atoms. The number of anilines is 1. The van der Waals surface area contributed by atoms with Crippen molar-refractivity contribution in [2.24, 2.45) is 5.41 Å². The van der Waals surface area contributed by atoms with Gasteiger partial charge < -0.3 is 15.0 Å². The van der Waals surface area contributed by atoms with Crippen LogP contribution in [-0.2, 0) is 0 Å². The molecule has 0 saturated carbocycles. The van der Waals surface area contributed by atoms with Gasteiger partial charge in [-0.3, -0.25) is 4.90 Å². The lowest BCUT2D eigenvalue weighted by atomic mass is 9.89. The summed E-state index contributed by atoms with van der Waals surface area (Å²) in [5.41, 5.74) is 1.47. The van der Waals surface area contributed by atoms with Crippen LogP contribution >= 0.6 is 12.4 Å². The van der Waals surface area contributed by atoms with Gasteiger partial charge in [-0.05, 0) is 30.5 Å². The van der Waals surface area contributed by atoms with Crippen molar-refractivity contribution in [3.05, 3.63) is 24.0 Å². The van der Waals surface area contributed by atoms with Crippen LogP contribution in [0.3, 0.4) is 0 Å². The molecule has 2 aliphatic heterocycles. The van der Waals surface area contributed by atoms with Crippen molar-refractivity contribution < 1.29 is 9.13 Å². The quantitative estimate of drug-likeness (QED) is 0.908. The maximum Gasteiger partial charge on any atom is 0.165 e. The van der Waals surface area contributed by atoms with Crippen LogP contribution in [0.25, 0.3) is 0 Å². The molecule has 0 aliphatic carbocycles. The van der Waals surface area contributed by atoms with Crippen molar-refractivity contribution in [2.75, 3.05) is 57.8 Å². The van der Waals surface area contributed by atoms with Crippen LogP contribution in [0.4, 0.5) is 10.1 Å². The molecule has 1 aromatic rings. The maximum atomic E-state index is 13.5. The zero-order valence-electron chi connectivity index (χ0n) is 14.0. The molecule has 2 saturated heterocycles. The molecule has 0 bridgehead atoms. The van der Waals surface area contributed by atoms with Gasteiger partial charge in [0.1, 0.15) is 0 Å². The summed E-state index contributed by atoms with van der Waals surface area (Å²) in [4.78, 5) is 4.87. The first kappa shape index (κ1) is 18.3. The summed E-state index contributed by atoms with van der Waals surface area (Å²) in [5.74, 6) is 0.0241. The van der Waals surface area contributed by atoms with E-state index in [1.165, 1.54) is 26.1 Å². The largest absolute Gasteiger partial charge is 0.494 e. The van der Waals surface area contributed by atoms with Crippen molar-refractivity contribution >= 4 is 18.1 Å². The van der Waals surface area contributed by atoms with Gasteiger partial charge in [0, 0.05) is 51.0 Å². The van der Waals surface area contributed by atoms with Gasteiger partial charge in [0.2, 0.25) is 0 Å². The minimum absolute atomic E-state index is 0. The lowest BCUT2D eigenvalue weighted by molar-refractivity contribution is 0.169. The summed E-state index contributed by atoms with van der Waals surface area (Å²) in [6.45, 7) is 9.92. The van der Waals surface area contributed by atoms with E-state index in [0.717, 1.165) is 45.0 Å². The second-order valence-corrected chi connectivity index (χ2v) is 6.82. The molecule has 0 radical (unpaired) electrons. The van der Waals surface area contributed by atoms with E-state index in [1.54, 1.807) is 6.07 Å². The highest BCUT2D eigenvalue weighted by Crippen LogP contribution is 2.28. The normalized spacial score (nSPS) is 25.3. The Labute approximate surface area is 144 Å². The number of nitrogens with one attached hydrogen (secondary N) is 1. The Kier molecular flexibility index (Phi) is 6.12. The molecule has 2 fully saturated rings. The number of piperazine rings is 1. The van der Waals surface area contributed by atoms with Crippen LogP contribution in [0.1, 0.15) is 13.3 Å². The van der Waals surface area contributed by atoms with Crippen molar-refractivity contribution in [1.82, 2.24) is 10.2 Å². The van der Waals surface area contributed by atoms with Gasteiger partial charge in [-0.1, -0.05) is 6.92 Å². The summed E-state index contributed by atoms with van der Waals surface area (Å²) in [6.07, 6.45) is 1.27. The molecule has 3 rings (SSSR count). The Bertz CT molecular complexity index is 515. The molecule has 0 amide bonds. The fourth-order valence-corrected chi connectivity index (χ4v) is 3.55. The molecule has 1 unspecified atom stereocenters. The number of halogens is 2. The van der Waals surface area contributed by atoms with E-state index in [0.29, 0.717) is 11.2 Å². The molecular weight excluding hydrogens is 317 g/mol. The molecule has 1 N–H and O–H groups in total. The Hall–Kier alpha value is -1.04. The first-order valence-electron chi connectivity index (χ1n) is 8.11. The van der Waals surface area contributed by atoms with Crippen LogP contribution in [0, 0.1) is 11.2 Å². The molecule has 23 heavy (non-hydrogen) atoms. The molecular formula is C17H27ClFN3O. The summed E-state index contributed by atoms with van der Waals surface area (Å²) in [5, 5.41) is 3.47. The Morgan fingerprint density at radius 3 is 2.61 bits per heavy atom. The van der Waals surface area contributed by atoms with Crippen molar-refractivity contribution in [3.8, 4) is 5.75 Å². The predicted octanol–water partition coefficient (Wildman–Crippen LogP) is 2.38. The highest BCUT2D eigenvalue weighted by Gasteiger charge is 2.31. The molecule has 2 heterocycles. The van der Waals surface area contributed by atoms with E-state index < -0.39 is 0 Å². The van der Waals surface area contributed by atoms with Crippen LogP contribution in [-0.4, -0.2) is 57.8 Å². The predicted molar refractivity (Wildman–Crippen MR) is 94.4 cm³/mol. The number of benzene rings is 1. The second kappa shape index (κ2) is 7.69. The Balaban J connectivity index is 0.00000192. The standard InChI is InChI=1S/C17H26FN3O.ClH/c1-17(5-6-19-12-17)13-20-7-9-21(10-8-20)14-3-4-15(18)16(11-14)22-2;/h3-4,11,19H,5-10,12-13H2,1-2H3;1H. The molecule has 2 aliphatic rings. The summed E-state index contributed by atoms with van der Waals surface area (Å²) >= 11 is 0. The van der Waals surface area contributed by atoms with Crippen molar-refractivity contribution in [2.45, 2.75) is 13.3 Å². The third-order valence-corrected chi connectivity index (χ3v) is 4.93. The van der Waals surface area contributed by atoms with Crippen LogP contribution in [0.2, 0.25) is 0 Å². The number of hydrogen-bond donors (Lipinski definition) is 1. The third kappa shape index (κ3) is 4.28. The SMILES string of the molecule is COc1cc(N2CCN(CC3(C)CCNC3)CC2)ccc1F.Cl. The van der Waals surface area contributed by atoms with E-state index in [1.807, 2.05) is 6.07 Å². The molecule has 1 atom stereocenters. The average Bonchev–Trinajstić information content (AvgIpc) is 2.95. The smallest absolute Gasteiger partial charge is 0.165 e. The average molecular weight is 344 g/mol. The van der Waals surface area contributed by atoms with Crippen LogP contribution < -0.4 is 15.0 Å². The summed E-state index contributed by atoms with van der Waals surface area (Å²) in [6, 6.07) is 5.13. The lowest BCUT2D eigenvalue weighted by Crippen LogP contribution is -2.49. The van der Waals surface area contributed by atoms with E-state index in [-0.39, 0.29) is 18.2 Å². The summed E-state index contributed by atoms with van der Waals surface area (Å²) in [7, 11) is 1.51. The van der Waals surface area contributed by atoms with Crippen LogP contribution in [0.5, 0.6) is 5.75 Å². The zero-order valence-corrected chi connectivity index (χ0v) is 14.8. The topological polar surface area (TPSA) is 27.7 Å². The number of rotatable bonds is 4. The number of ether oxygens (including phenoxy) is 1. The van der Waals surface area contributed by atoms with Gasteiger partial charge in [-0.25, -0.2) is 4.39 Å². The molecule has 1 aromatic carbocycles. The van der Waals surface area contributed by atoms with E-state index in [4.69, 9.17) is 4.74 Å². The first-order chi connectivity index (χ1) is 10.6. The van der Waals surface area contributed by atoms with E-state index in [9.17, 15) is 4.39 Å².